The van der Waals surface area contributed by atoms with E-state index >= 15 is 0 Å². The van der Waals surface area contributed by atoms with E-state index < -0.39 is 11.6 Å². The minimum absolute atomic E-state index is 0.144. The molecule has 1 aliphatic rings. The van der Waals surface area contributed by atoms with Crippen LogP contribution in [0.3, 0.4) is 0 Å². The molecule has 3 heterocycles. The van der Waals surface area contributed by atoms with Gasteiger partial charge in [-0.1, -0.05) is 12.1 Å². The fourth-order valence-electron chi connectivity index (χ4n) is 3.78. The van der Waals surface area contributed by atoms with Crippen molar-refractivity contribution in [3.63, 3.8) is 0 Å². The van der Waals surface area contributed by atoms with Crippen molar-refractivity contribution < 1.29 is 13.5 Å². The van der Waals surface area contributed by atoms with Crippen molar-refractivity contribution in [3.05, 3.63) is 94.0 Å². The zero-order valence-electron chi connectivity index (χ0n) is 15.9. The second-order valence-electron chi connectivity index (χ2n) is 7.18. The summed E-state index contributed by atoms with van der Waals surface area (Å²) in [5.74, 6) is -1.22. The van der Waals surface area contributed by atoms with Crippen molar-refractivity contribution in [3.8, 4) is 11.4 Å². The first kappa shape index (κ1) is 18.5. The summed E-state index contributed by atoms with van der Waals surface area (Å²) in [6.07, 6.45) is 1.94. The molecule has 1 atom stereocenters. The quantitative estimate of drug-likeness (QED) is 0.565. The Hall–Kier alpha value is -3.52. The molecule has 0 radical (unpaired) electrons. The van der Waals surface area contributed by atoms with E-state index in [4.69, 9.17) is 4.74 Å². The standard InChI is InChI=1S/C22H18F2N4O2/c23-15-10-16(24)12-18(11-15)30-20-6-7-25-13-14-9-17(4-5-19(14)20)28-22(29)27-8-2-1-3-21(27)26-28/h1-5,8-12,20,25H,6-7,13H2. The number of nitrogens with zero attached hydrogens (tertiary/aromatic N) is 3. The van der Waals surface area contributed by atoms with Crippen molar-refractivity contribution in [1.82, 2.24) is 19.5 Å². The van der Waals surface area contributed by atoms with Gasteiger partial charge in [-0.3, -0.25) is 0 Å². The van der Waals surface area contributed by atoms with Crippen molar-refractivity contribution in [2.75, 3.05) is 6.54 Å². The van der Waals surface area contributed by atoms with Gasteiger partial charge in [0.25, 0.3) is 0 Å². The number of nitrogens with one attached hydrogen (secondary N) is 1. The van der Waals surface area contributed by atoms with Gasteiger partial charge < -0.3 is 10.1 Å². The molecule has 0 fully saturated rings. The molecule has 6 nitrogen and oxygen atoms in total. The molecule has 0 amide bonds. The lowest BCUT2D eigenvalue weighted by atomic mass is 10.0. The van der Waals surface area contributed by atoms with E-state index in [0.717, 1.165) is 17.2 Å². The third kappa shape index (κ3) is 3.35. The Morgan fingerprint density at radius 1 is 1.07 bits per heavy atom. The van der Waals surface area contributed by atoms with Crippen LogP contribution in [0.2, 0.25) is 0 Å². The summed E-state index contributed by atoms with van der Waals surface area (Å²) in [7, 11) is 0. The normalized spacial score (nSPS) is 16.3. The predicted octanol–water partition coefficient (Wildman–Crippen LogP) is 3.38. The molecule has 0 aliphatic carbocycles. The van der Waals surface area contributed by atoms with Gasteiger partial charge in [-0.2, -0.15) is 4.68 Å². The van der Waals surface area contributed by atoms with Gasteiger partial charge >= 0.3 is 5.69 Å². The molecule has 2 aromatic heterocycles. The van der Waals surface area contributed by atoms with E-state index in [1.54, 1.807) is 24.4 Å². The smallest absolute Gasteiger partial charge is 0.355 e. The van der Waals surface area contributed by atoms with Gasteiger partial charge in [0, 0.05) is 37.4 Å². The van der Waals surface area contributed by atoms with Crippen LogP contribution in [0.4, 0.5) is 8.78 Å². The second-order valence-corrected chi connectivity index (χ2v) is 7.18. The number of pyridine rings is 1. The lowest BCUT2D eigenvalue weighted by Gasteiger charge is -2.20. The molecule has 4 aromatic rings. The summed E-state index contributed by atoms with van der Waals surface area (Å²) in [5.41, 5.74) is 2.79. The third-order valence-electron chi connectivity index (χ3n) is 5.16. The molecule has 0 bridgehead atoms. The van der Waals surface area contributed by atoms with Gasteiger partial charge in [-0.15, -0.1) is 5.10 Å². The number of aromatic nitrogens is 3. The zero-order valence-corrected chi connectivity index (χ0v) is 15.9. The van der Waals surface area contributed by atoms with Crippen LogP contribution in [0.15, 0.2) is 65.6 Å². The van der Waals surface area contributed by atoms with Gasteiger partial charge in [-0.05, 0) is 41.9 Å². The first-order valence-corrected chi connectivity index (χ1v) is 9.61. The SMILES string of the molecule is O=c1n(-c2ccc3c(c2)CNCCC3Oc2cc(F)cc(F)c2)nc2ccccn12. The van der Waals surface area contributed by atoms with Crippen LogP contribution in [0.5, 0.6) is 5.75 Å². The summed E-state index contributed by atoms with van der Waals surface area (Å²) in [6, 6.07) is 14.1. The van der Waals surface area contributed by atoms with E-state index in [0.29, 0.717) is 30.8 Å². The van der Waals surface area contributed by atoms with E-state index in [-0.39, 0.29) is 17.5 Å². The van der Waals surface area contributed by atoms with Crippen molar-refractivity contribution in [1.29, 1.82) is 0 Å². The van der Waals surface area contributed by atoms with E-state index in [1.165, 1.54) is 21.2 Å². The average molecular weight is 408 g/mol. The molecule has 0 spiro atoms. The second kappa shape index (κ2) is 7.38. The summed E-state index contributed by atoms with van der Waals surface area (Å²) in [6.45, 7) is 1.27. The Morgan fingerprint density at radius 3 is 2.70 bits per heavy atom. The van der Waals surface area contributed by atoms with Crippen molar-refractivity contribution >= 4 is 5.65 Å². The molecule has 5 rings (SSSR count). The average Bonchev–Trinajstić information content (AvgIpc) is 2.93. The summed E-state index contributed by atoms with van der Waals surface area (Å²) >= 11 is 0. The monoisotopic (exact) mass is 408 g/mol. The Labute approximate surface area is 170 Å². The molecule has 0 saturated heterocycles. The first-order valence-electron chi connectivity index (χ1n) is 9.61. The van der Waals surface area contributed by atoms with Crippen LogP contribution in [0.1, 0.15) is 23.7 Å². The number of ether oxygens (including phenoxy) is 1. The van der Waals surface area contributed by atoms with Gasteiger partial charge in [0.15, 0.2) is 5.65 Å². The molecule has 0 saturated carbocycles. The number of benzene rings is 2. The van der Waals surface area contributed by atoms with Gasteiger partial charge in [0.1, 0.15) is 23.5 Å². The van der Waals surface area contributed by atoms with Crippen molar-refractivity contribution in [2.24, 2.45) is 0 Å². The molecule has 1 N–H and O–H groups in total. The van der Waals surface area contributed by atoms with Crippen LogP contribution in [-0.2, 0) is 6.54 Å². The van der Waals surface area contributed by atoms with Crippen LogP contribution >= 0.6 is 0 Å². The van der Waals surface area contributed by atoms with Gasteiger partial charge in [0.05, 0.1) is 5.69 Å². The van der Waals surface area contributed by atoms with Crippen LogP contribution < -0.4 is 15.7 Å². The summed E-state index contributed by atoms with van der Waals surface area (Å²) in [4.78, 5) is 12.7. The molecular weight excluding hydrogens is 390 g/mol. The Kier molecular flexibility index (Phi) is 4.55. The highest BCUT2D eigenvalue weighted by Crippen LogP contribution is 2.31. The van der Waals surface area contributed by atoms with E-state index in [9.17, 15) is 13.6 Å². The molecular formula is C22H18F2N4O2. The Balaban J connectivity index is 1.53. The fraction of sp³-hybridized carbons (Fsp3) is 0.182. The summed E-state index contributed by atoms with van der Waals surface area (Å²) < 4.78 is 35.9. The maximum Gasteiger partial charge on any atom is 0.355 e. The largest absolute Gasteiger partial charge is 0.485 e. The highest BCUT2D eigenvalue weighted by atomic mass is 19.1. The van der Waals surface area contributed by atoms with E-state index in [2.05, 4.69) is 10.4 Å². The van der Waals surface area contributed by atoms with Crippen molar-refractivity contribution in [2.45, 2.75) is 19.1 Å². The molecule has 30 heavy (non-hydrogen) atoms. The highest BCUT2D eigenvalue weighted by molar-refractivity contribution is 5.44. The molecule has 2 aromatic carbocycles. The van der Waals surface area contributed by atoms with Crippen LogP contribution in [0.25, 0.3) is 11.3 Å². The number of rotatable bonds is 3. The molecule has 1 unspecified atom stereocenters. The van der Waals surface area contributed by atoms with Gasteiger partial charge in [-0.25, -0.2) is 18.0 Å². The lowest BCUT2D eigenvalue weighted by molar-refractivity contribution is 0.196. The zero-order chi connectivity index (χ0) is 20.7. The topological polar surface area (TPSA) is 60.6 Å². The number of hydrogen-bond donors (Lipinski definition) is 1. The minimum Gasteiger partial charge on any atom is -0.485 e. The van der Waals surface area contributed by atoms with Crippen LogP contribution in [-0.4, -0.2) is 20.7 Å². The van der Waals surface area contributed by atoms with Gasteiger partial charge in [0.2, 0.25) is 0 Å². The Morgan fingerprint density at radius 2 is 1.90 bits per heavy atom. The molecule has 1 aliphatic heterocycles. The molecule has 8 heteroatoms. The van der Waals surface area contributed by atoms with E-state index in [1.807, 2.05) is 18.2 Å². The highest BCUT2D eigenvalue weighted by Gasteiger charge is 2.22. The number of hydrogen-bond acceptors (Lipinski definition) is 4. The number of fused-ring (bicyclic) bond motifs is 2. The maximum atomic E-state index is 13.6. The summed E-state index contributed by atoms with van der Waals surface area (Å²) in [5, 5.41) is 7.71. The first-order chi connectivity index (χ1) is 14.6. The number of halogens is 2. The maximum absolute atomic E-state index is 13.6. The fourth-order valence-corrected chi connectivity index (χ4v) is 3.78. The van der Waals surface area contributed by atoms with Crippen LogP contribution in [0, 0.1) is 11.6 Å². The predicted molar refractivity (Wildman–Crippen MR) is 107 cm³/mol. The minimum atomic E-state index is -0.682. The Bertz CT molecular complexity index is 1280. The third-order valence-corrected chi connectivity index (χ3v) is 5.16. The lowest BCUT2D eigenvalue weighted by Crippen LogP contribution is -2.20. The molecule has 152 valence electrons.